The molecule has 0 bridgehead atoms. The van der Waals surface area contributed by atoms with Gasteiger partial charge in [0.15, 0.2) is 0 Å². The summed E-state index contributed by atoms with van der Waals surface area (Å²) in [4.78, 5) is 42.1. The van der Waals surface area contributed by atoms with Crippen LogP contribution in [0.4, 0.5) is 18.0 Å². The van der Waals surface area contributed by atoms with Crippen LogP contribution in [0, 0.1) is 19.8 Å². The molecule has 2 N–H and O–H groups in total. The fraction of sp³-hybridized carbons (Fsp3) is 0.735. The number of rotatable bonds is 7. The monoisotopic (exact) mass is 653 g/mol. The fourth-order valence-corrected chi connectivity index (χ4v) is 7.95. The Morgan fingerprint density at radius 1 is 0.978 bits per heavy atom. The topological polar surface area (TPSA) is 111 Å². The van der Waals surface area contributed by atoms with Crippen LogP contribution in [-0.4, -0.2) is 99.5 Å². The molecule has 1 unspecified atom stereocenters. The number of amides is 2. The molecule has 9 nitrogen and oxygen atoms in total. The van der Waals surface area contributed by atoms with Crippen LogP contribution in [0.1, 0.15) is 105 Å². The predicted octanol–water partition coefficient (Wildman–Crippen LogP) is 6.67. The average molecular weight is 654 g/mol. The normalized spacial score (nSPS) is 22.8. The molecule has 12 heteroatoms. The average Bonchev–Trinajstić information content (AvgIpc) is 3.25. The Labute approximate surface area is 270 Å². The summed E-state index contributed by atoms with van der Waals surface area (Å²) < 4.78 is 38.0. The summed E-state index contributed by atoms with van der Waals surface area (Å²) in [6.07, 6.45) is 8.39. The van der Waals surface area contributed by atoms with Crippen LogP contribution >= 0.6 is 0 Å². The van der Waals surface area contributed by atoms with Crippen LogP contribution < -0.4 is 0 Å². The highest BCUT2D eigenvalue weighted by atomic mass is 19.4. The number of aliphatic carboxylic acids is 1. The number of aryl methyl sites for hydroxylation is 2. The van der Waals surface area contributed by atoms with E-state index in [1.807, 2.05) is 18.7 Å². The highest BCUT2D eigenvalue weighted by Gasteiger charge is 2.55. The van der Waals surface area contributed by atoms with Crippen molar-refractivity contribution >= 4 is 18.0 Å². The Balaban J connectivity index is 0.000000617. The van der Waals surface area contributed by atoms with Gasteiger partial charge in [-0.3, -0.25) is 9.69 Å². The number of likely N-dealkylation sites (tertiary alicyclic amines) is 2. The second-order valence-corrected chi connectivity index (χ2v) is 13.6. The van der Waals surface area contributed by atoms with E-state index in [1.165, 1.54) is 32.1 Å². The Hall–Kier alpha value is -3.02. The van der Waals surface area contributed by atoms with Crippen LogP contribution in [0.25, 0.3) is 0 Å². The van der Waals surface area contributed by atoms with Gasteiger partial charge >= 0.3 is 18.2 Å². The van der Waals surface area contributed by atoms with Gasteiger partial charge in [-0.15, -0.1) is 0 Å². The lowest BCUT2D eigenvalue weighted by molar-refractivity contribution is -0.192. The first kappa shape index (κ1) is 35.8. The third-order valence-electron chi connectivity index (χ3n) is 10.4. The molecule has 4 fully saturated rings. The maximum Gasteiger partial charge on any atom is 0.490 e. The minimum atomic E-state index is -5.08. The lowest BCUT2D eigenvalue weighted by Crippen LogP contribution is -2.56. The van der Waals surface area contributed by atoms with Gasteiger partial charge in [0.25, 0.3) is 5.91 Å². The molecule has 4 aliphatic rings. The Bertz CT molecular complexity index is 1200. The minimum Gasteiger partial charge on any atom is -0.508 e. The van der Waals surface area contributed by atoms with Gasteiger partial charge in [-0.2, -0.15) is 13.2 Å². The number of carbonyl (C=O) groups is 3. The minimum absolute atomic E-state index is 0.0678. The first-order valence-electron chi connectivity index (χ1n) is 16.9. The number of phenolic OH excluding ortho intramolecular Hbond substituents is 1. The molecule has 258 valence electrons. The van der Waals surface area contributed by atoms with Gasteiger partial charge in [0.1, 0.15) is 11.4 Å². The Kier molecular flexibility index (Phi) is 11.9. The summed E-state index contributed by atoms with van der Waals surface area (Å²) in [5.41, 5.74) is 2.07. The van der Waals surface area contributed by atoms with Crippen molar-refractivity contribution in [2.75, 3.05) is 32.7 Å². The number of aromatic hydroxyl groups is 1. The molecule has 1 aromatic rings. The number of alkyl halides is 3. The summed E-state index contributed by atoms with van der Waals surface area (Å²) in [6, 6.07) is 4.04. The van der Waals surface area contributed by atoms with Crippen molar-refractivity contribution < 1.29 is 42.5 Å². The van der Waals surface area contributed by atoms with E-state index in [9.17, 15) is 27.9 Å². The van der Waals surface area contributed by atoms with Crippen LogP contribution in [0.15, 0.2) is 12.1 Å². The van der Waals surface area contributed by atoms with E-state index in [-0.39, 0.29) is 29.4 Å². The molecule has 1 atom stereocenters. The standard InChI is InChI=1S/C32H49N3O4.C2HF3O2/c1-4-5-11-28-32(39-31(38)35(28)22-25-9-7-6-8-10-25)14-18-33(19-15-32)26-12-16-34(17-13-26)30(37)29-23(2)20-27(36)21-24(29)3;3-2(4,5)1(6)7/h20-21,25-26,28,36H,4-19,22H2,1-3H3;(H,6,7). The number of carbonyl (C=O) groups excluding carboxylic acids is 2. The first-order valence-corrected chi connectivity index (χ1v) is 16.9. The number of ether oxygens (including phenoxy) is 1. The highest BCUT2D eigenvalue weighted by Crippen LogP contribution is 2.43. The molecule has 3 saturated heterocycles. The molecule has 2 amide bonds. The first-order chi connectivity index (χ1) is 21.8. The van der Waals surface area contributed by atoms with Crippen molar-refractivity contribution in [2.45, 2.75) is 122 Å². The van der Waals surface area contributed by atoms with Crippen LogP contribution in [0.2, 0.25) is 0 Å². The number of carboxylic acid groups (broad SMARTS) is 1. The van der Waals surface area contributed by atoms with Crippen molar-refractivity contribution in [3.63, 3.8) is 0 Å². The van der Waals surface area contributed by atoms with E-state index in [0.717, 1.165) is 94.4 Å². The molecular weight excluding hydrogens is 603 g/mol. The second kappa shape index (κ2) is 15.3. The lowest BCUT2D eigenvalue weighted by Gasteiger charge is -2.46. The summed E-state index contributed by atoms with van der Waals surface area (Å²) in [5.74, 6) is -1.83. The summed E-state index contributed by atoms with van der Waals surface area (Å²) in [6.45, 7) is 10.4. The van der Waals surface area contributed by atoms with E-state index in [1.54, 1.807) is 12.1 Å². The number of unbranched alkanes of at least 4 members (excludes halogenated alkanes) is 1. The van der Waals surface area contributed by atoms with Crippen LogP contribution in [-0.2, 0) is 9.53 Å². The maximum absolute atomic E-state index is 13.3. The SMILES string of the molecule is CCCCC1N(CC2CCCCC2)C(=O)OC12CCN(C1CCN(C(=O)c3c(C)cc(O)cc3C)CC1)CC2.O=C(O)C(F)(F)F. The van der Waals surface area contributed by atoms with E-state index in [0.29, 0.717) is 12.0 Å². The number of phenols is 1. The van der Waals surface area contributed by atoms with Gasteiger partial charge in [-0.05, 0) is 75.1 Å². The molecule has 3 aliphatic heterocycles. The number of piperidine rings is 2. The molecule has 1 spiro atoms. The van der Waals surface area contributed by atoms with Crippen molar-refractivity contribution in [2.24, 2.45) is 5.92 Å². The summed E-state index contributed by atoms with van der Waals surface area (Å²) in [5, 5.41) is 17.0. The third kappa shape index (κ3) is 8.46. The third-order valence-corrected chi connectivity index (χ3v) is 10.4. The van der Waals surface area contributed by atoms with E-state index in [4.69, 9.17) is 14.6 Å². The highest BCUT2D eigenvalue weighted by molar-refractivity contribution is 5.97. The maximum atomic E-state index is 13.3. The lowest BCUT2D eigenvalue weighted by atomic mass is 9.80. The van der Waals surface area contributed by atoms with Gasteiger partial charge in [0.2, 0.25) is 0 Å². The summed E-state index contributed by atoms with van der Waals surface area (Å²) in [7, 11) is 0. The zero-order chi connectivity index (χ0) is 33.6. The zero-order valence-corrected chi connectivity index (χ0v) is 27.4. The molecule has 5 rings (SSSR count). The van der Waals surface area contributed by atoms with Crippen LogP contribution in [0.5, 0.6) is 5.75 Å². The van der Waals surface area contributed by atoms with Crippen LogP contribution in [0.3, 0.4) is 0 Å². The molecular formula is C34H50F3N3O6. The molecule has 46 heavy (non-hydrogen) atoms. The van der Waals surface area contributed by atoms with Gasteiger partial charge in [-0.1, -0.05) is 39.0 Å². The molecule has 3 heterocycles. The fourth-order valence-electron chi connectivity index (χ4n) is 7.95. The van der Waals surface area contributed by atoms with E-state index < -0.39 is 12.1 Å². The largest absolute Gasteiger partial charge is 0.508 e. The quantitative estimate of drug-likeness (QED) is 0.338. The van der Waals surface area contributed by atoms with Gasteiger partial charge in [0, 0.05) is 57.2 Å². The van der Waals surface area contributed by atoms with E-state index in [2.05, 4.69) is 16.7 Å². The Morgan fingerprint density at radius 2 is 1.54 bits per heavy atom. The summed E-state index contributed by atoms with van der Waals surface area (Å²) >= 11 is 0. The Morgan fingerprint density at radius 3 is 2.07 bits per heavy atom. The van der Waals surface area contributed by atoms with Gasteiger partial charge < -0.3 is 24.7 Å². The molecule has 1 aliphatic carbocycles. The number of nitrogens with zero attached hydrogens (tertiary/aromatic N) is 3. The van der Waals surface area contributed by atoms with Crippen molar-refractivity contribution in [3.05, 3.63) is 28.8 Å². The molecule has 0 radical (unpaired) electrons. The van der Waals surface area contributed by atoms with Gasteiger partial charge in [0.05, 0.1) is 6.04 Å². The number of carboxylic acids is 1. The second-order valence-electron chi connectivity index (χ2n) is 13.6. The van der Waals surface area contributed by atoms with Crippen molar-refractivity contribution in [1.29, 1.82) is 0 Å². The molecule has 1 aromatic carbocycles. The number of hydrogen-bond donors (Lipinski definition) is 2. The van der Waals surface area contributed by atoms with Crippen molar-refractivity contribution in [1.82, 2.24) is 14.7 Å². The molecule has 1 saturated carbocycles. The number of benzene rings is 1. The van der Waals surface area contributed by atoms with E-state index >= 15 is 0 Å². The zero-order valence-electron chi connectivity index (χ0n) is 27.4. The number of hydrogen-bond acceptors (Lipinski definition) is 6. The smallest absolute Gasteiger partial charge is 0.490 e. The predicted molar refractivity (Wildman–Crippen MR) is 167 cm³/mol. The van der Waals surface area contributed by atoms with Crippen molar-refractivity contribution in [3.8, 4) is 5.75 Å². The van der Waals surface area contributed by atoms with Gasteiger partial charge in [-0.25, -0.2) is 9.59 Å². The molecule has 0 aromatic heterocycles. The number of halogens is 3.